The number of carbonyl (C=O) groups excluding carboxylic acids is 1. The van der Waals surface area contributed by atoms with Gasteiger partial charge in [0.25, 0.3) is 0 Å². The first-order valence-electron chi connectivity index (χ1n) is 11.4. The predicted molar refractivity (Wildman–Crippen MR) is 112 cm³/mol. The average Bonchev–Trinajstić information content (AvgIpc) is 2.71. The Morgan fingerprint density at radius 1 is 0.690 bits per heavy atom. The first kappa shape index (κ1) is 25.5. The minimum absolute atomic E-state index is 0.162. The Morgan fingerprint density at radius 3 is 1.62 bits per heavy atom. The Kier molecular flexibility index (Phi) is 14.3. The van der Waals surface area contributed by atoms with Crippen molar-refractivity contribution in [3.8, 4) is 0 Å². The Hall–Kier alpha value is -1.52. The third-order valence-corrected chi connectivity index (χ3v) is 5.24. The van der Waals surface area contributed by atoms with E-state index >= 15 is 0 Å². The molecule has 0 heterocycles. The zero-order valence-corrected chi connectivity index (χ0v) is 17.9. The van der Waals surface area contributed by atoms with Gasteiger partial charge in [0.15, 0.2) is 17.5 Å². The third-order valence-electron chi connectivity index (χ3n) is 5.24. The van der Waals surface area contributed by atoms with Crippen molar-refractivity contribution in [1.82, 2.24) is 0 Å². The molecule has 0 amide bonds. The Bertz CT molecular complexity index is 575. The summed E-state index contributed by atoms with van der Waals surface area (Å²) in [7, 11) is 0. The second kappa shape index (κ2) is 16.3. The van der Waals surface area contributed by atoms with Crippen molar-refractivity contribution in [2.75, 3.05) is 6.61 Å². The summed E-state index contributed by atoms with van der Waals surface area (Å²) in [6, 6.07) is 1.63. The van der Waals surface area contributed by atoms with Gasteiger partial charge in [-0.2, -0.15) is 0 Å². The third kappa shape index (κ3) is 11.3. The van der Waals surface area contributed by atoms with Crippen LogP contribution in [-0.4, -0.2) is 12.6 Å². The molecule has 0 aliphatic carbocycles. The van der Waals surface area contributed by atoms with Gasteiger partial charge in [0, 0.05) is 0 Å². The molecule has 1 aromatic carbocycles. The van der Waals surface area contributed by atoms with Crippen molar-refractivity contribution in [3.63, 3.8) is 0 Å². The van der Waals surface area contributed by atoms with Crippen LogP contribution in [0, 0.1) is 17.5 Å². The first-order valence-corrected chi connectivity index (χ1v) is 11.4. The number of carbonyl (C=O) groups is 1. The van der Waals surface area contributed by atoms with Crippen LogP contribution in [0.15, 0.2) is 12.1 Å². The fourth-order valence-electron chi connectivity index (χ4n) is 3.40. The number of hydrogen-bond acceptors (Lipinski definition) is 2. The van der Waals surface area contributed by atoms with E-state index in [1.807, 2.05) is 0 Å². The van der Waals surface area contributed by atoms with E-state index in [1.165, 1.54) is 77.0 Å². The zero-order chi connectivity index (χ0) is 21.3. The van der Waals surface area contributed by atoms with Crippen LogP contribution in [0.4, 0.5) is 13.2 Å². The van der Waals surface area contributed by atoms with Gasteiger partial charge in [-0.25, -0.2) is 18.0 Å². The molecule has 2 nitrogen and oxygen atoms in total. The van der Waals surface area contributed by atoms with Crippen LogP contribution in [0.2, 0.25) is 0 Å². The van der Waals surface area contributed by atoms with Crippen LogP contribution in [0.25, 0.3) is 0 Å². The lowest BCUT2D eigenvalue weighted by Gasteiger charge is -2.07. The Morgan fingerprint density at radius 2 is 1.14 bits per heavy atom. The summed E-state index contributed by atoms with van der Waals surface area (Å²) in [5.74, 6) is -5.41. The van der Waals surface area contributed by atoms with Crippen LogP contribution in [-0.2, 0) is 4.74 Å². The number of ether oxygens (including phenoxy) is 1. The molecule has 0 saturated heterocycles. The molecule has 0 aromatic heterocycles. The summed E-state index contributed by atoms with van der Waals surface area (Å²) in [5, 5.41) is 0. The summed E-state index contributed by atoms with van der Waals surface area (Å²) in [6.07, 6.45) is 18.6. The average molecular weight is 415 g/mol. The molecule has 1 aromatic rings. The van der Waals surface area contributed by atoms with Gasteiger partial charge >= 0.3 is 5.97 Å². The molecule has 0 unspecified atom stereocenters. The zero-order valence-electron chi connectivity index (χ0n) is 17.9. The molecule has 1 rings (SSSR count). The SMILES string of the molecule is CCCCCCCCCCCCCCCCCOC(=O)c1ccc(F)c(F)c1F. The standard InChI is InChI=1S/C24H37F3O2/c1-2-3-4-5-6-7-8-9-10-11-12-13-14-15-16-19-29-24(28)20-17-18-21(25)23(27)22(20)26/h17-18H,2-16,19H2,1H3. The highest BCUT2D eigenvalue weighted by Gasteiger charge is 2.19. The molecule has 166 valence electrons. The summed E-state index contributed by atoms with van der Waals surface area (Å²) in [4.78, 5) is 11.7. The predicted octanol–water partition coefficient (Wildman–Crippen LogP) is 8.13. The van der Waals surface area contributed by atoms with Gasteiger partial charge in [-0.1, -0.05) is 96.8 Å². The van der Waals surface area contributed by atoms with Crippen LogP contribution in [0.3, 0.4) is 0 Å². The second-order valence-electron chi connectivity index (χ2n) is 7.81. The van der Waals surface area contributed by atoms with Crippen LogP contribution < -0.4 is 0 Å². The summed E-state index contributed by atoms with van der Waals surface area (Å²) < 4.78 is 44.4. The number of benzene rings is 1. The topological polar surface area (TPSA) is 26.3 Å². The molecule has 0 saturated carbocycles. The molecule has 0 bridgehead atoms. The first-order chi connectivity index (χ1) is 14.1. The van der Waals surface area contributed by atoms with Gasteiger partial charge in [-0.15, -0.1) is 0 Å². The van der Waals surface area contributed by atoms with E-state index in [2.05, 4.69) is 6.92 Å². The highest BCUT2D eigenvalue weighted by molar-refractivity contribution is 5.89. The van der Waals surface area contributed by atoms with E-state index in [0.717, 1.165) is 25.0 Å². The molecule has 0 spiro atoms. The molecular weight excluding hydrogens is 377 g/mol. The minimum atomic E-state index is -1.65. The summed E-state index contributed by atoms with van der Waals surface area (Å²) >= 11 is 0. The van der Waals surface area contributed by atoms with Crippen molar-refractivity contribution in [1.29, 1.82) is 0 Å². The van der Waals surface area contributed by atoms with E-state index in [0.29, 0.717) is 6.42 Å². The summed E-state index contributed by atoms with van der Waals surface area (Å²) in [5.41, 5.74) is -0.565. The smallest absolute Gasteiger partial charge is 0.341 e. The molecule has 0 atom stereocenters. The van der Waals surface area contributed by atoms with Crippen molar-refractivity contribution in [2.45, 2.75) is 103 Å². The molecule has 29 heavy (non-hydrogen) atoms. The monoisotopic (exact) mass is 414 g/mol. The number of halogens is 3. The molecule has 5 heteroatoms. The lowest BCUT2D eigenvalue weighted by Crippen LogP contribution is -2.10. The van der Waals surface area contributed by atoms with Gasteiger partial charge in [-0.3, -0.25) is 0 Å². The van der Waals surface area contributed by atoms with Gasteiger partial charge in [0.1, 0.15) is 0 Å². The number of esters is 1. The normalized spacial score (nSPS) is 11.0. The maximum atomic E-state index is 13.5. The van der Waals surface area contributed by atoms with E-state index in [1.54, 1.807) is 0 Å². The van der Waals surface area contributed by atoms with E-state index in [9.17, 15) is 18.0 Å². The molecule has 0 radical (unpaired) electrons. The van der Waals surface area contributed by atoms with Crippen molar-refractivity contribution >= 4 is 5.97 Å². The highest BCUT2D eigenvalue weighted by atomic mass is 19.2. The maximum Gasteiger partial charge on any atom is 0.341 e. The number of hydrogen-bond donors (Lipinski definition) is 0. The van der Waals surface area contributed by atoms with Crippen molar-refractivity contribution in [3.05, 3.63) is 35.1 Å². The lowest BCUT2D eigenvalue weighted by molar-refractivity contribution is 0.0491. The van der Waals surface area contributed by atoms with Crippen LogP contribution >= 0.6 is 0 Å². The molecule has 0 aliphatic rings. The van der Waals surface area contributed by atoms with Crippen LogP contribution in [0.5, 0.6) is 0 Å². The van der Waals surface area contributed by atoms with Crippen molar-refractivity contribution < 1.29 is 22.7 Å². The minimum Gasteiger partial charge on any atom is -0.462 e. The van der Waals surface area contributed by atoms with Gasteiger partial charge in [0.05, 0.1) is 12.2 Å². The van der Waals surface area contributed by atoms with E-state index in [4.69, 9.17) is 4.74 Å². The molecular formula is C24H37F3O2. The second-order valence-corrected chi connectivity index (χ2v) is 7.81. The molecule has 0 aliphatic heterocycles. The van der Waals surface area contributed by atoms with Crippen molar-refractivity contribution in [2.24, 2.45) is 0 Å². The Labute approximate surface area is 174 Å². The summed E-state index contributed by atoms with van der Waals surface area (Å²) in [6.45, 7) is 2.41. The van der Waals surface area contributed by atoms with E-state index < -0.39 is 29.0 Å². The quantitative estimate of drug-likeness (QED) is 0.146. The van der Waals surface area contributed by atoms with Gasteiger partial charge in [-0.05, 0) is 18.6 Å². The number of rotatable bonds is 17. The van der Waals surface area contributed by atoms with Gasteiger partial charge < -0.3 is 4.74 Å². The molecule has 0 N–H and O–H groups in total. The molecule has 0 fully saturated rings. The fraction of sp³-hybridized carbons (Fsp3) is 0.708. The largest absolute Gasteiger partial charge is 0.462 e. The lowest BCUT2D eigenvalue weighted by atomic mass is 10.0. The van der Waals surface area contributed by atoms with E-state index in [-0.39, 0.29) is 6.61 Å². The highest BCUT2D eigenvalue weighted by Crippen LogP contribution is 2.17. The Balaban J connectivity index is 1.91. The number of unbranched alkanes of at least 4 members (excludes halogenated alkanes) is 14. The van der Waals surface area contributed by atoms with Crippen LogP contribution in [0.1, 0.15) is 114 Å². The maximum absolute atomic E-state index is 13.5. The van der Waals surface area contributed by atoms with Gasteiger partial charge in [0.2, 0.25) is 0 Å². The fourth-order valence-corrected chi connectivity index (χ4v) is 3.40.